The van der Waals surface area contributed by atoms with Crippen LogP contribution in [0.4, 0.5) is 5.69 Å². The van der Waals surface area contributed by atoms with Gasteiger partial charge in [0.25, 0.3) is 0 Å². The Bertz CT molecular complexity index is 467. The number of nitrogens with zero attached hydrogens (tertiary/aromatic N) is 1. The van der Waals surface area contributed by atoms with Crippen molar-refractivity contribution < 1.29 is 9.90 Å². The van der Waals surface area contributed by atoms with Crippen LogP contribution in [-0.4, -0.2) is 47.9 Å². The summed E-state index contributed by atoms with van der Waals surface area (Å²) in [5.41, 5.74) is 0.882. The number of thioether (sulfide) groups is 1. The van der Waals surface area contributed by atoms with E-state index in [-0.39, 0.29) is 18.6 Å². The van der Waals surface area contributed by atoms with E-state index in [1.807, 2.05) is 30.5 Å². The standard InChI is InChI=1S/C16H24N2O2S/c1-21-15-8-3-2-7-14(15)17-16(20)9-11-18-10-5-4-6-13(18)12-19/h2-3,7-8,13,19H,4-6,9-12H2,1H3,(H,17,20). The Balaban J connectivity index is 1.84. The van der Waals surface area contributed by atoms with Crippen LogP contribution >= 0.6 is 11.8 Å². The zero-order valence-corrected chi connectivity index (χ0v) is 13.4. The van der Waals surface area contributed by atoms with Crippen LogP contribution < -0.4 is 5.32 Å². The Kier molecular flexibility index (Phi) is 6.54. The van der Waals surface area contributed by atoms with E-state index < -0.39 is 0 Å². The number of hydrogen-bond acceptors (Lipinski definition) is 4. The number of nitrogens with one attached hydrogen (secondary N) is 1. The molecule has 1 atom stereocenters. The van der Waals surface area contributed by atoms with E-state index in [4.69, 9.17) is 0 Å². The highest BCUT2D eigenvalue weighted by Gasteiger charge is 2.21. The Labute approximate surface area is 130 Å². The van der Waals surface area contributed by atoms with Crippen molar-refractivity contribution in [3.8, 4) is 0 Å². The molecule has 0 saturated carbocycles. The number of benzene rings is 1. The highest BCUT2D eigenvalue weighted by Crippen LogP contribution is 2.24. The van der Waals surface area contributed by atoms with Gasteiger partial charge in [0.1, 0.15) is 0 Å². The number of piperidine rings is 1. The average molecular weight is 308 g/mol. The van der Waals surface area contributed by atoms with E-state index in [0.717, 1.165) is 36.5 Å². The molecule has 1 saturated heterocycles. The largest absolute Gasteiger partial charge is 0.395 e. The minimum atomic E-state index is 0.0405. The molecule has 1 aliphatic rings. The van der Waals surface area contributed by atoms with E-state index in [1.54, 1.807) is 11.8 Å². The van der Waals surface area contributed by atoms with Gasteiger partial charge in [0.15, 0.2) is 0 Å². The van der Waals surface area contributed by atoms with Gasteiger partial charge in [0.2, 0.25) is 5.91 Å². The van der Waals surface area contributed by atoms with Crippen LogP contribution in [0.1, 0.15) is 25.7 Å². The van der Waals surface area contributed by atoms with Gasteiger partial charge in [-0.2, -0.15) is 0 Å². The first kappa shape index (κ1) is 16.3. The molecule has 1 unspecified atom stereocenters. The summed E-state index contributed by atoms with van der Waals surface area (Å²) in [4.78, 5) is 15.4. The van der Waals surface area contributed by atoms with Gasteiger partial charge in [0.05, 0.1) is 12.3 Å². The quantitative estimate of drug-likeness (QED) is 0.793. The molecule has 2 rings (SSSR count). The molecule has 116 valence electrons. The van der Waals surface area contributed by atoms with Crippen molar-refractivity contribution in [3.05, 3.63) is 24.3 Å². The lowest BCUT2D eigenvalue weighted by Crippen LogP contribution is -2.43. The number of rotatable bonds is 6. The van der Waals surface area contributed by atoms with E-state index >= 15 is 0 Å². The number of hydrogen-bond donors (Lipinski definition) is 2. The Morgan fingerprint density at radius 1 is 1.43 bits per heavy atom. The molecule has 21 heavy (non-hydrogen) atoms. The first-order valence-corrected chi connectivity index (χ1v) is 8.75. The Hall–Kier alpha value is -1.04. The maximum atomic E-state index is 12.1. The second-order valence-electron chi connectivity index (χ2n) is 5.37. The van der Waals surface area contributed by atoms with Crippen LogP contribution in [0.5, 0.6) is 0 Å². The third-order valence-electron chi connectivity index (χ3n) is 3.97. The third-order valence-corrected chi connectivity index (χ3v) is 4.76. The summed E-state index contributed by atoms with van der Waals surface area (Å²) >= 11 is 1.63. The molecule has 1 aromatic rings. The van der Waals surface area contributed by atoms with E-state index in [1.165, 1.54) is 6.42 Å². The molecule has 0 aliphatic carbocycles. The molecule has 1 heterocycles. The molecule has 1 aromatic carbocycles. The summed E-state index contributed by atoms with van der Waals surface area (Å²) in [6.45, 7) is 1.90. The first-order valence-electron chi connectivity index (χ1n) is 7.52. The minimum absolute atomic E-state index is 0.0405. The van der Waals surface area contributed by atoms with Crippen LogP contribution in [0.2, 0.25) is 0 Å². The molecule has 2 N–H and O–H groups in total. The molecule has 0 bridgehead atoms. The SMILES string of the molecule is CSc1ccccc1NC(=O)CCN1CCCCC1CO. The van der Waals surface area contributed by atoms with E-state index in [0.29, 0.717) is 6.42 Å². The lowest BCUT2D eigenvalue weighted by atomic mass is 10.0. The predicted molar refractivity (Wildman–Crippen MR) is 87.8 cm³/mol. The number of aliphatic hydroxyl groups is 1. The third kappa shape index (κ3) is 4.73. The zero-order chi connectivity index (χ0) is 15.1. The molecule has 1 amide bonds. The lowest BCUT2D eigenvalue weighted by Gasteiger charge is -2.34. The number of likely N-dealkylation sites (tertiary alicyclic amines) is 1. The summed E-state index contributed by atoms with van der Waals surface area (Å²) in [5.74, 6) is 0.0405. The van der Waals surface area contributed by atoms with Gasteiger partial charge >= 0.3 is 0 Å². The number of carbonyl (C=O) groups is 1. The van der Waals surface area contributed by atoms with Gasteiger partial charge in [-0.3, -0.25) is 9.69 Å². The lowest BCUT2D eigenvalue weighted by molar-refractivity contribution is -0.116. The van der Waals surface area contributed by atoms with Crippen molar-refractivity contribution in [2.75, 3.05) is 31.3 Å². The number of para-hydroxylation sites is 1. The van der Waals surface area contributed by atoms with Crippen molar-refractivity contribution in [1.29, 1.82) is 0 Å². The summed E-state index contributed by atoms with van der Waals surface area (Å²) in [6, 6.07) is 8.07. The number of amides is 1. The monoisotopic (exact) mass is 308 g/mol. The van der Waals surface area contributed by atoms with Gasteiger partial charge in [-0.05, 0) is 37.8 Å². The second kappa shape index (κ2) is 8.41. The maximum Gasteiger partial charge on any atom is 0.225 e. The van der Waals surface area contributed by atoms with Crippen LogP contribution in [0.25, 0.3) is 0 Å². The predicted octanol–water partition coefficient (Wildman–Crippen LogP) is 2.58. The number of aliphatic hydroxyl groups excluding tert-OH is 1. The Morgan fingerprint density at radius 3 is 3.00 bits per heavy atom. The molecule has 0 radical (unpaired) electrons. The van der Waals surface area contributed by atoms with Crippen LogP contribution in [-0.2, 0) is 4.79 Å². The van der Waals surface area contributed by atoms with Crippen molar-refractivity contribution in [3.63, 3.8) is 0 Å². The summed E-state index contributed by atoms with van der Waals surface area (Å²) < 4.78 is 0. The van der Waals surface area contributed by atoms with Crippen LogP contribution in [0.3, 0.4) is 0 Å². The van der Waals surface area contributed by atoms with Gasteiger partial charge in [-0.15, -0.1) is 11.8 Å². The van der Waals surface area contributed by atoms with Crippen molar-refractivity contribution >= 4 is 23.4 Å². The van der Waals surface area contributed by atoms with Gasteiger partial charge < -0.3 is 10.4 Å². The normalized spacial score (nSPS) is 19.4. The first-order chi connectivity index (χ1) is 10.2. The molecule has 0 spiro atoms. The highest BCUT2D eigenvalue weighted by molar-refractivity contribution is 7.98. The number of anilines is 1. The highest BCUT2D eigenvalue weighted by atomic mass is 32.2. The average Bonchev–Trinajstić information content (AvgIpc) is 2.53. The van der Waals surface area contributed by atoms with Gasteiger partial charge in [0, 0.05) is 23.9 Å². The Morgan fingerprint density at radius 2 is 2.24 bits per heavy atom. The fourth-order valence-electron chi connectivity index (χ4n) is 2.77. The molecule has 0 aromatic heterocycles. The fraction of sp³-hybridized carbons (Fsp3) is 0.562. The zero-order valence-electron chi connectivity index (χ0n) is 12.5. The van der Waals surface area contributed by atoms with Crippen molar-refractivity contribution in [2.45, 2.75) is 36.6 Å². The summed E-state index contributed by atoms with van der Waals surface area (Å²) in [5, 5.41) is 12.4. The van der Waals surface area contributed by atoms with Crippen molar-refractivity contribution in [2.24, 2.45) is 0 Å². The second-order valence-corrected chi connectivity index (χ2v) is 6.21. The van der Waals surface area contributed by atoms with Crippen LogP contribution in [0, 0.1) is 0 Å². The molecule has 1 fully saturated rings. The van der Waals surface area contributed by atoms with Gasteiger partial charge in [-0.25, -0.2) is 0 Å². The molecule has 1 aliphatic heterocycles. The number of carbonyl (C=O) groups excluding carboxylic acids is 1. The minimum Gasteiger partial charge on any atom is -0.395 e. The smallest absolute Gasteiger partial charge is 0.225 e. The van der Waals surface area contributed by atoms with E-state index in [2.05, 4.69) is 10.2 Å². The molecule has 5 heteroatoms. The van der Waals surface area contributed by atoms with E-state index in [9.17, 15) is 9.90 Å². The molecular weight excluding hydrogens is 284 g/mol. The maximum absolute atomic E-state index is 12.1. The molecular formula is C16H24N2O2S. The summed E-state index contributed by atoms with van der Waals surface area (Å²) in [7, 11) is 0. The summed E-state index contributed by atoms with van der Waals surface area (Å²) in [6.07, 6.45) is 5.85. The fourth-order valence-corrected chi connectivity index (χ4v) is 3.32. The van der Waals surface area contributed by atoms with Gasteiger partial charge in [-0.1, -0.05) is 18.6 Å². The topological polar surface area (TPSA) is 52.6 Å². The van der Waals surface area contributed by atoms with Crippen LogP contribution in [0.15, 0.2) is 29.2 Å². The van der Waals surface area contributed by atoms with Crippen molar-refractivity contribution in [1.82, 2.24) is 4.90 Å². The molecule has 4 nitrogen and oxygen atoms in total.